The van der Waals surface area contributed by atoms with Crippen LogP contribution < -0.4 is 9.64 Å². The molecule has 1 aliphatic rings. The maximum Gasteiger partial charge on any atom is 0.228 e. The van der Waals surface area contributed by atoms with E-state index >= 15 is 0 Å². The first-order valence-electron chi connectivity index (χ1n) is 7.93. The second-order valence-electron chi connectivity index (χ2n) is 5.77. The van der Waals surface area contributed by atoms with Gasteiger partial charge in [0, 0.05) is 44.3 Å². The minimum atomic E-state index is 0.632. The van der Waals surface area contributed by atoms with Gasteiger partial charge in [-0.05, 0) is 31.6 Å². The topological polar surface area (TPSA) is 56.1 Å². The maximum absolute atomic E-state index is 5.17. The Morgan fingerprint density at radius 1 is 1.27 bits per heavy atom. The molecule has 0 saturated carbocycles. The monoisotopic (exact) mass is 301 g/mol. The third kappa shape index (κ3) is 3.75. The van der Waals surface area contributed by atoms with Gasteiger partial charge in [-0.2, -0.15) is 4.98 Å². The summed E-state index contributed by atoms with van der Waals surface area (Å²) in [5.41, 5.74) is 0. The van der Waals surface area contributed by atoms with Crippen molar-refractivity contribution in [2.45, 2.75) is 32.2 Å². The van der Waals surface area contributed by atoms with E-state index in [2.05, 4.69) is 24.4 Å². The lowest BCUT2D eigenvalue weighted by molar-refractivity contribution is 0.359. The molecule has 3 rings (SSSR count). The normalized spacial score (nSPS) is 16.0. The van der Waals surface area contributed by atoms with Crippen LogP contribution in [0.3, 0.4) is 0 Å². The predicted octanol–water partition coefficient (Wildman–Crippen LogP) is 2.38. The first-order chi connectivity index (χ1) is 10.8. The molecule has 6 nitrogen and oxygen atoms in total. The number of anilines is 1. The zero-order valence-electron chi connectivity index (χ0n) is 13.1. The molecule has 6 heteroatoms. The molecule has 0 aliphatic carbocycles. The van der Waals surface area contributed by atoms with E-state index in [0.717, 1.165) is 31.5 Å². The van der Waals surface area contributed by atoms with Crippen molar-refractivity contribution in [1.29, 1.82) is 0 Å². The summed E-state index contributed by atoms with van der Waals surface area (Å²) < 4.78 is 7.32. The first-order valence-corrected chi connectivity index (χ1v) is 7.93. The lowest BCUT2D eigenvalue weighted by atomic mass is 9.92. The Bertz CT molecular complexity index is 564. The number of aromatic nitrogens is 4. The molecular weight excluding hydrogens is 278 g/mol. The van der Waals surface area contributed by atoms with Crippen LogP contribution in [0.1, 0.15) is 25.7 Å². The van der Waals surface area contributed by atoms with E-state index < -0.39 is 0 Å². The van der Waals surface area contributed by atoms with Gasteiger partial charge in [-0.25, -0.2) is 9.97 Å². The van der Waals surface area contributed by atoms with Gasteiger partial charge in [0.2, 0.25) is 11.8 Å². The molecule has 0 unspecified atom stereocenters. The van der Waals surface area contributed by atoms with Gasteiger partial charge in [0.1, 0.15) is 0 Å². The molecular formula is C16H23N5O. The highest BCUT2D eigenvalue weighted by atomic mass is 16.5. The van der Waals surface area contributed by atoms with Crippen molar-refractivity contribution in [3.05, 3.63) is 31.0 Å². The minimum Gasteiger partial charge on any atom is -0.481 e. The molecule has 0 atom stereocenters. The molecule has 0 bridgehead atoms. The Balaban J connectivity index is 1.43. The van der Waals surface area contributed by atoms with Gasteiger partial charge in [-0.3, -0.25) is 0 Å². The highest BCUT2D eigenvalue weighted by Crippen LogP contribution is 2.25. The summed E-state index contributed by atoms with van der Waals surface area (Å²) in [5, 5.41) is 0. The largest absolute Gasteiger partial charge is 0.481 e. The first kappa shape index (κ1) is 14.8. The molecule has 3 heterocycles. The highest BCUT2D eigenvalue weighted by molar-refractivity contribution is 5.32. The van der Waals surface area contributed by atoms with Crippen molar-refractivity contribution >= 4 is 5.95 Å². The van der Waals surface area contributed by atoms with Crippen LogP contribution >= 0.6 is 0 Å². The number of hydrogen-bond acceptors (Lipinski definition) is 5. The molecule has 1 saturated heterocycles. The second kappa shape index (κ2) is 7.24. The Morgan fingerprint density at radius 2 is 2.14 bits per heavy atom. The van der Waals surface area contributed by atoms with Gasteiger partial charge in [0.05, 0.1) is 13.4 Å². The van der Waals surface area contributed by atoms with Crippen LogP contribution in [0.4, 0.5) is 5.95 Å². The van der Waals surface area contributed by atoms with E-state index in [1.165, 1.54) is 25.7 Å². The molecule has 0 aromatic carbocycles. The number of piperidine rings is 1. The SMILES string of the molecule is COc1ccnc(N2CCC(CCCn3ccnc3)CC2)n1. The van der Waals surface area contributed by atoms with Crippen LogP contribution in [0, 0.1) is 5.92 Å². The summed E-state index contributed by atoms with van der Waals surface area (Å²) in [7, 11) is 1.64. The molecule has 118 valence electrons. The summed E-state index contributed by atoms with van der Waals surface area (Å²) in [5.74, 6) is 2.23. The van der Waals surface area contributed by atoms with Gasteiger partial charge in [-0.1, -0.05) is 0 Å². The molecule has 2 aromatic heterocycles. The molecule has 22 heavy (non-hydrogen) atoms. The number of imidazole rings is 1. The molecule has 1 fully saturated rings. The fraction of sp³-hybridized carbons (Fsp3) is 0.562. The van der Waals surface area contributed by atoms with E-state index in [4.69, 9.17) is 4.74 Å². The van der Waals surface area contributed by atoms with Crippen LogP contribution in [-0.4, -0.2) is 39.7 Å². The Kier molecular flexibility index (Phi) is 4.88. The van der Waals surface area contributed by atoms with E-state index in [9.17, 15) is 0 Å². The number of hydrogen-bond donors (Lipinski definition) is 0. The number of aryl methyl sites for hydroxylation is 1. The highest BCUT2D eigenvalue weighted by Gasteiger charge is 2.20. The standard InChI is InChI=1S/C16H23N5O/c1-22-15-4-7-18-16(19-15)21-10-5-14(6-11-21)3-2-9-20-12-8-17-13-20/h4,7-8,12-14H,2-3,5-6,9-11H2,1H3. The van der Waals surface area contributed by atoms with Gasteiger partial charge in [0.15, 0.2) is 0 Å². The van der Waals surface area contributed by atoms with Gasteiger partial charge >= 0.3 is 0 Å². The van der Waals surface area contributed by atoms with E-state index in [0.29, 0.717) is 5.88 Å². The predicted molar refractivity (Wildman–Crippen MR) is 85.0 cm³/mol. The number of rotatable bonds is 6. The van der Waals surface area contributed by atoms with Gasteiger partial charge in [0.25, 0.3) is 0 Å². The van der Waals surface area contributed by atoms with Crippen molar-refractivity contribution in [3.8, 4) is 5.88 Å². The third-order valence-electron chi connectivity index (χ3n) is 4.31. The zero-order chi connectivity index (χ0) is 15.2. The van der Waals surface area contributed by atoms with Gasteiger partial charge < -0.3 is 14.2 Å². The van der Waals surface area contributed by atoms with Crippen LogP contribution in [0.2, 0.25) is 0 Å². The van der Waals surface area contributed by atoms with E-state index in [1.54, 1.807) is 19.4 Å². The molecule has 1 aliphatic heterocycles. The molecule has 0 amide bonds. The quantitative estimate of drug-likeness (QED) is 0.820. The van der Waals surface area contributed by atoms with Crippen molar-refractivity contribution < 1.29 is 4.74 Å². The Labute approximate surface area is 131 Å². The molecule has 0 N–H and O–H groups in total. The maximum atomic E-state index is 5.17. The molecule has 0 radical (unpaired) electrons. The summed E-state index contributed by atoms with van der Waals surface area (Å²) in [6, 6.07) is 1.78. The van der Waals surface area contributed by atoms with Crippen LogP contribution in [-0.2, 0) is 6.54 Å². The Morgan fingerprint density at radius 3 is 2.86 bits per heavy atom. The number of methoxy groups -OCH3 is 1. The van der Waals surface area contributed by atoms with Crippen molar-refractivity contribution in [1.82, 2.24) is 19.5 Å². The number of ether oxygens (including phenoxy) is 1. The van der Waals surface area contributed by atoms with Crippen LogP contribution in [0.15, 0.2) is 31.0 Å². The second-order valence-corrected chi connectivity index (χ2v) is 5.77. The zero-order valence-corrected chi connectivity index (χ0v) is 13.1. The fourth-order valence-corrected chi connectivity index (χ4v) is 3.00. The summed E-state index contributed by atoms with van der Waals surface area (Å²) >= 11 is 0. The summed E-state index contributed by atoms with van der Waals surface area (Å²) in [6.07, 6.45) is 12.5. The number of nitrogens with zero attached hydrogens (tertiary/aromatic N) is 5. The summed E-state index contributed by atoms with van der Waals surface area (Å²) in [4.78, 5) is 15.1. The average Bonchev–Trinajstić information content (AvgIpc) is 3.09. The van der Waals surface area contributed by atoms with Gasteiger partial charge in [-0.15, -0.1) is 0 Å². The molecule has 2 aromatic rings. The van der Waals surface area contributed by atoms with E-state index in [-0.39, 0.29) is 0 Å². The van der Waals surface area contributed by atoms with Crippen molar-refractivity contribution in [3.63, 3.8) is 0 Å². The molecule has 0 spiro atoms. The lowest BCUT2D eigenvalue weighted by Crippen LogP contribution is -2.34. The van der Waals surface area contributed by atoms with Crippen LogP contribution in [0.5, 0.6) is 5.88 Å². The van der Waals surface area contributed by atoms with Crippen molar-refractivity contribution in [2.75, 3.05) is 25.1 Å². The van der Waals surface area contributed by atoms with E-state index in [1.807, 2.05) is 18.7 Å². The van der Waals surface area contributed by atoms with Crippen LogP contribution in [0.25, 0.3) is 0 Å². The minimum absolute atomic E-state index is 0.632. The average molecular weight is 301 g/mol. The fourth-order valence-electron chi connectivity index (χ4n) is 3.00. The van der Waals surface area contributed by atoms with Crippen molar-refractivity contribution in [2.24, 2.45) is 5.92 Å². The lowest BCUT2D eigenvalue weighted by Gasteiger charge is -2.32. The Hall–Kier alpha value is -2.11. The third-order valence-corrected chi connectivity index (χ3v) is 4.31. The summed E-state index contributed by atoms with van der Waals surface area (Å²) in [6.45, 7) is 3.13. The smallest absolute Gasteiger partial charge is 0.228 e.